The van der Waals surface area contributed by atoms with Crippen molar-refractivity contribution in [2.24, 2.45) is 4.99 Å². The van der Waals surface area contributed by atoms with Crippen LogP contribution in [0.5, 0.6) is 0 Å². The van der Waals surface area contributed by atoms with Gasteiger partial charge in [0.1, 0.15) is 0 Å². The molecule has 0 spiro atoms. The van der Waals surface area contributed by atoms with Gasteiger partial charge in [-0.15, -0.1) is 24.0 Å². The second-order valence-corrected chi connectivity index (χ2v) is 4.76. The van der Waals surface area contributed by atoms with Gasteiger partial charge in [0, 0.05) is 25.4 Å². The van der Waals surface area contributed by atoms with Gasteiger partial charge in [0.25, 0.3) is 0 Å². The molecule has 0 aliphatic carbocycles. The molecule has 0 radical (unpaired) electrons. The van der Waals surface area contributed by atoms with E-state index in [0.717, 1.165) is 44.4 Å². The Morgan fingerprint density at radius 1 is 1.47 bits per heavy atom. The summed E-state index contributed by atoms with van der Waals surface area (Å²) in [6.07, 6.45) is 4.76. The molecule has 2 N–H and O–H groups in total. The molecule has 0 aromatic rings. The topological polar surface area (TPSA) is 45.7 Å². The number of hydrogen-bond donors (Lipinski definition) is 2. The number of nitrogens with zero attached hydrogens (tertiary/aromatic N) is 1. The van der Waals surface area contributed by atoms with Gasteiger partial charge in [-0.25, -0.2) is 0 Å². The monoisotopic (exact) mass is 373 g/mol. The smallest absolute Gasteiger partial charge is 0.191 e. The quantitative estimate of drug-likeness (QED) is 0.322. The molecular weight excluding hydrogens is 349 g/mol. The van der Waals surface area contributed by atoms with Gasteiger partial charge in [0.05, 0.1) is 12.6 Å². The minimum atomic E-state index is 0. The Morgan fingerprint density at radius 3 is 2.88 bits per heavy atom. The first-order valence-corrected chi connectivity index (χ1v) is 7.39. The van der Waals surface area contributed by atoms with E-state index in [9.17, 15) is 0 Å². The number of rotatable bonds is 6. The van der Waals surface area contributed by atoms with E-state index in [1.54, 1.807) is 0 Å². The maximum absolute atomic E-state index is 5.54. The lowest BCUT2D eigenvalue weighted by Gasteiger charge is -2.12. The molecule has 0 saturated carbocycles. The largest absolute Gasteiger partial charge is 0.376 e. The third-order valence-corrected chi connectivity index (χ3v) is 3.03. The number of hydrogen-bond acceptors (Lipinski definition) is 3. The summed E-state index contributed by atoms with van der Waals surface area (Å²) in [7, 11) is 0. The van der Waals surface area contributed by atoms with Gasteiger partial charge >= 0.3 is 0 Å². The Bertz CT molecular complexity index is 211. The molecule has 1 heterocycles. The fraction of sp³-hybridized carbons (Fsp3) is 0.909. The summed E-state index contributed by atoms with van der Waals surface area (Å²) in [6, 6.07) is 0. The molecule has 1 aliphatic heterocycles. The summed E-state index contributed by atoms with van der Waals surface area (Å²) >= 11 is 1.84. The van der Waals surface area contributed by atoms with Crippen LogP contribution in [0.4, 0.5) is 0 Å². The maximum atomic E-state index is 5.54. The van der Waals surface area contributed by atoms with Crippen LogP contribution < -0.4 is 10.6 Å². The number of halogens is 1. The van der Waals surface area contributed by atoms with Gasteiger partial charge in [-0.1, -0.05) is 0 Å². The van der Waals surface area contributed by atoms with Gasteiger partial charge in [-0.05, 0) is 26.0 Å². The first-order chi connectivity index (χ1) is 7.86. The summed E-state index contributed by atoms with van der Waals surface area (Å²) in [4.78, 5) is 4.53. The van der Waals surface area contributed by atoms with E-state index in [4.69, 9.17) is 4.74 Å². The van der Waals surface area contributed by atoms with Crippen LogP contribution in [0.15, 0.2) is 4.99 Å². The molecule has 1 fully saturated rings. The van der Waals surface area contributed by atoms with E-state index in [-0.39, 0.29) is 24.0 Å². The molecule has 1 rings (SSSR count). The van der Waals surface area contributed by atoms with E-state index in [0.29, 0.717) is 6.10 Å². The van der Waals surface area contributed by atoms with Crippen molar-refractivity contribution in [3.63, 3.8) is 0 Å². The minimum Gasteiger partial charge on any atom is -0.376 e. The molecule has 0 bridgehead atoms. The van der Waals surface area contributed by atoms with Crippen molar-refractivity contribution in [2.45, 2.75) is 25.9 Å². The second kappa shape index (κ2) is 11.4. The van der Waals surface area contributed by atoms with Crippen LogP contribution >= 0.6 is 35.7 Å². The zero-order valence-electron chi connectivity index (χ0n) is 10.7. The first kappa shape index (κ1) is 17.3. The summed E-state index contributed by atoms with van der Waals surface area (Å²) in [5.74, 6) is 2.01. The lowest BCUT2D eigenvalue weighted by Crippen LogP contribution is -2.39. The van der Waals surface area contributed by atoms with Gasteiger partial charge in [-0.3, -0.25) is 4.99 Å². The molecule has 1 saturated heterocycles. The molecule has 17 heavy (non-hydrogen) atoms. The molecule has 1 aliphatic rings. The highest BCUT2D eigenvalue weighted by Gasteiger charge is 2.14. The Morgan fingerprint density at radius 2 is 2.29 bits per heavy atom. The SMILES string of the molecule is CCNC(=NCC1CCCO1)NCCSC.I. The molecular formula is C11H24IN3OS. The highest BCUT2D eigenvalue weighted by Crippen LogP contribution is 2.11. The standard InChI is InChI=1S/C11H23N3OS.HI/c1-3-12-11(13-6-8-16-2)14-9-10-5-4-7-15-10;/h10H,3-9H2,1-2H3,(H2,12,13,14);1H. The van der Waals surface area contributed by atoms with Crippen molar-refractivity contribution in [3.8, 4) is 0 Å². The predicted octanol–water partition coefficient (Wildman–Crippen LogP) is 1.70. The van der Waals surface area contributed by atoms with E-state index in [2.05, 4.69) is 28.8 Å². The van der Waals surface area contributed by atoms with Crippen LogP contribution in [0, 0.1) is 0 Å². The third-order valence-electron chi connectivity index (χ3n) is 2.42. The zero-order chi connectivity index (χ0) is 11.6. The van der Waals surface area contributed by atoms with Crippen molar-refractivity contribution in [3.05, 3.63) is 0 Å². The van der Waals surface area contributed by atoms with E-state index in [1.165, 1.54) is 6.42 Å². The molecule has 4 nitrogen and oxygen atoms in total. The van der Waals surface area contributed by atoms with Crippen LogP contribution in [-0.2, 0) is 4.74 Å². The molecule has 0 aromatic carbocycles. The summed E-state index contributed by atoms with van der Waals surface area (Å²) < 4.78 is 5.54. The van der Waals surface area contributed by atoms with Crippen molar-refractivity contribution in [1.82, 2.24) is 10.6 Å². The molecule has 1 unspecified atom stereocenters. The van der Waals surface area contributed by atoms with Crippen molar-refractivity contribution >= 4 is 41.7 Å². The van der Waals surface area contributed by atoms with Crippen molar-refractivity contribution in [1.29, 1.82) is 0 Å². The Labute approximate surface area is 126 Å². The Hall–Kier alpha value is 0.310. The molecule has 1 atom stereocenters. The molecule has 6 heteroatoms. The van der Waals surface area contributed by atoms with Gasteiger partial charge in [-0.2, -0.15) is 11.8 Å². The number of guanidine groups is 1. The third kappa shape index (κ3) is 8.10. The van der Waals surface area contributed by atoms with Crippen molar-refractivity contribution in [2.75, 3.05) is 38.2 Å². The van der Waals surface area contributed by atoms with E-state index >= 15 is 0 Å². The van der Waals surface area contributed by atoms with Gasteiger partial charge in [0.2, 0.25) is 0 Å². The van der Waals surface area contributed by atoms with E-state index in [1.807, 2.05) is 11.8 Å². The highest BCUT2D eigenvalue weighted by atomic mass is 127. The Kier molecular flexibility index (Phi) is 11.6. The van der Waals surface area contributed by atoms with Gasteiger partial charge < -0.3 is 15.4 Å². The number of thioether (sulfide) groups is 1. The van der Waals surface area contributed by atoms with Crippen LogP contribution in [0.2, 0.25) is 0 Å². The maximum Gasteiger partial charge on any atom is 0.191 e. The first-order valence-electron chi connectivity index (χ1n) is 5.99. The fourth-order valence-electron chi connectivity index (χ4n) is 1.59. The normalized spacial score (nSPS) is 19.9. The van der Waals surface area contributed by atoms with Crippen LogP contribution in [0.1, 0.15) is 19.8 Å². The second-order valence-electron chi connectivity index (χ2n) is 3.77. The lowest BCUT2D eigenvalue weighted by atomic mass is 10.2. The van der Waals surface area contributed by atoms with Crippen LogP contribution in [0.3, 0.4) is 0 Å². The zero-order valence-corrected chi connectivity index (χ0v) is 13.8. The predicted molar refractivity (Wildman–Crippen MR) is 86.8 cm³/mol. The minimum absolute atomic E-state index is 0. The lowest BCUT2D eigenvalue weighted by molar-refractivity contribution is 0.117. The van der Waals surface area contributed by atoms with Crippen molar-refractivity contribution < 1.29 is 4.74 Å². The molecule has 102 valence electrons. The van der Waals surface area contributed by atoms with Gasteiger partial charge in [0.15, 0.2) is 5.96 Å². The Balaban J connectivity index is 0.00000256. The number of ether oxygens (including phenoxy) is 1. The summed E-state index contributed by atoms with van der Waals surface area (Å²) in [5.41, 5.74) is 0. The molecule has 0 aromatic heterocycles. The fourth-order valence-corrected chi connectivity index (χ4v) is 1.90. The number of nitrogens with one attached hydrogen (secondary N) is 2. The van der Waals surface area contributed by atoms with Crippen LogP contribution in [0.25, 0.3) is 0 Å². The average Bonchev–Trinajstić information content (AvgIpc) is 2.79. The highest BCUT2D eigenvalue weighted by molar-refractivity contribution is 14.0. The molecule has 0 amide bonds. The van der Waals surface area contributed by atoms with Crippen LogP contribution in [-0.4, -0.2) is 50.3 Å². The number of aliphatic imine (C=N–C) groups is 1. The summed E-state index contributed by atoms with van der Waals surface area (Å²) in [6.45, 7) is 5.61. The average molecular weight is 373 g/mol. The summed E-state index contributed by atoms with van der Waals surface area (Å²) in [5, 5.41) is 6.55. The van der Waals surface area contributed by atoms with E-state index < -0.39 is 0 Å².